The van der Waals surface area contributed by atoms with Crippen LogP contribution in [0, 0.1) is 13.8 Å². The molecule has 0 bridgehead atoms. The van der Waals surface area contributed by atoms with Gasteiger partial charge in [-0.1, -0.05) is 24.3 Å². The first kappa shape index (κ1) is 8.75. The van der Waals surface area contributed by atoms with Gasteiger partial charge >= 0.3 is 0 Å². The quantitative estimate of drug-likeness (QED) is 0.469. The van der Waals surface area contributed by atoms with E-state index in [1.54, 1.807) is 0 Å². The van der Waals surface area contributed by atoms with Gasteiger partial charge in [0.05, 0.1) is 0 Å². The van der Waals surface area contributed by atoms with Crippen molar-refractivity contribution in [1.82, 2.24) is 0 Å². The number of benzene rings is 1. The Kier molecular flexibility index (Phi) is 3.61. The van der Waals surface area contributed by atoms with Crippen molar-refractivity contribution in [3.05, 3.63) is 35.4 Å². The third-order valence-electron chi connectivity index (χ3n) is 1.43. The zero-order valence-electron chi connectivity index (χ0n) is 5.31. The topological polar surface area (TPSA) is 0 Å². The summed E-state index contributed by atoms with van der Waals surface area (Å²) in [5, 5.41) is 0. The van der Waals surface area contributed by atoms with Crippen molar-refractivity contribution in [3.8, 4) is 0 Å². The van der Waals surface area contributed by atoms with Crippen LogP contribution in [0.5, 0.6) is 0 Å². The monoisotopic (exact) mass is 136 g/mol. The van der Waals surface area contributed by atoms with Crippen molar-refractivity contribution >= 4 is 17.4 Å². The highest BCUT2D eigenvalue weighted by Crippen LogP contribution is 2.02. The molecule has 0 aliphatic carbocycles. The van der Waals surface area contributed by atoms with E-state index in [-0.39, 0.29) is 17.4 Å². The van der Waals surface area contributed by atoms with Crippen LogP contribution in [-0.2, 0) is 0 Å². The molecule has 1 aromatic rings. The molecule has 0 spiro atoms. The summed E-state index contributed by atoms with van der Waals surface area (Å²) < 4.78 is 0. The van der Waals surface area contributed by atoms with E-state index < -0.39 is 0 Å². The van der Waals surface area contributed by atoms with Crippen LogP contribution in [0.2, 0.25) is 0 Å². The van der Waals surface area contributed by atoms with Crippen molar-refractivity contribution < 1.29 is 0 Å². The van der Waals surface area contributed by atoms with Gasteiger partial charge in [-0.15, -0.1) is 0 Å². The molecule has 0 unspecified atom stereocenters. The van der Waals surface area contributed by atoms with Crippen LogP contribution >= 0.6 is 0 Å². The van der Waals surface area contributed by atoms with Crippen molar-refractivity contribution in [2.45, 2.75) is 13.8 Å². The van der Waals surface area contributed by atoms with Crippen LogP contribution < -0.4 is 0 Å². The maximum Gasteiger partial charge on any atom is 0.187 e. The molecule has 9 heavy (non-hydrogen) atoms. The fourth-order valence-electron chi connectivity index (χ4n) is 0.663. The Balaban J connectivity index is 0.000000640. The van der Waals surface area contributed by atoms with Gasteiger partial charge in [-0.3, -0.25) is 0 Å². The van der Waals surface area contributed by atoms with Crippen molar-refractivity contribution in [3.63, 3.8) is 0 Å². The van der Waals surface area contributed by atoms with Gasteiger partial charge in [-0.25, -0.2) is 0 Å². The Bertz CT molecular complexity index is 161. The standard InChI is InChI=1S/C8H10.Al.3H/c1-7-5-3-4-6-8(7)2;;;;/h3-6H,1-2H3;;;;. The SMILES string of the molecule is Cc1ccccc1C.[AlH3]. The molecule has 0 amide bonds. The van der Waals surface area contributed by atoms with Gasteiger partial charge in [0.25, 0.3) is 0 Å². The molecule has 1 heteroatoms. The highest BCUT2D eigenvalue weighted by Gasteiger charge is 1.83. The second kappa shape index (κ2) is 3.72. The van der Waals surface area contributed by atoms with E-state index in [4.69, 9.17) is 0 Å². The Labute approximate surface area is 67.0 Å². The molecule has 0 nitrogen and oxygen atoms in total. The predicted molar refractivity (Wildman–Crippen MR) is 45.9 cm³/mol. The fraction of sp³-hybridized carbons (Fsp3) is 0.250. The Hall–Kier alpha value is -0.248. The number of rotatable bonds is 0. The molecular weight excluding hydrogens is 123 g/mol. The van der Waals surface area contributed by atoms with Gasteiger partial charge in [-0.2, -0.15) is 0 Å². The molecule has 0 saturated heterocycles. The van der Waals surface area contributed by atoms with E-state index in [9.17, 15) is 0 Å². The van der Waals surface area contributed by atoms with E-state index >= 15 is 0 Å². The molecule has 0 aliphatic rings. The van der Waals surface area contributed by atoms with Gasteiger partial charge < -0.3 is 0 Å². The Morgan fingerprint density at radius 1 is 0.889 bits per heavy atom. The molecule has 0 aromatic heterocycles. The molecular formula is C8H13Al. The molecule has 0 saturated carbocycles. The minimum atomic E-state index is 0. The lowest BCUT2D eigenvalue weighted by Gasteiger charge is -1.93. The average Bonchev–Trinajstić information content (AvgIpc) is 1.77. The molecule has 1 rings (SSSR count). The summed E-state index contributed by atoms with van der Waals surface area (Å²) in [6, 6.07) is 8.36. The summed E-state index contributed by atoms with van der Waals surface area (Å²) >= 11 is 0. The lowest BCUT2D eigenvalue weighted by atomic mass is 10.1. The molecule has 48 valence electrons. The molecule has 0 heterocycles. The van der Waals surface area contributed by atoms with Crippen LogP contribution in [0.4, 0.5) is 0 Å². The van der Waals surface area contributed by atoms with E-state index in [0.717, 1.165) is 0 Å². The van der Waals surface area contributed by atoms with Crippen LogP contribution in [0.15, 0.2) is 24.3 Å². The van der Waals surface area contributed by atoms with Crippen LogP contribution in [0.25, 0.3) is 0 Å². The van der Waals surface area contributed by atoms with Crippen molar-refractivity contribution in [1.29, 1.82) is 0 Å². The predicted octanol–water partition coefficient (Wildman–Crippen LogP) is 1.12. The summed E-state index contributed by atoms with van der Waals surface area (Å²) in [7, 11) is 0. The summed E-state index contributed by atoms with van der Waals surface area (Å²) in [5.41, 5.74) is 2.74. The van der Waals surface area contributed by atoms with Crippen molar-refractivity contribution in [2.24, 2.45) is 0 Å². The fourth-order valence-corrected chi connectivity index (χ4v) is 0.663. The lowest BCUT2D eigenvalue weighted by Crippen LogP contribution is -1.74. The van der Waals surface area contributed by atoms with Gasteiger partial charge in [-0.05, 0) is 25.0 Å². The van der Waals surface area contributed by atoms with Crippen molar-refractivity contribution in [2.75, 3.05) is 0 Å². The first-order chi connectivity index (χ1) is 3.80. The van der Waals surface area contributed by atoms with Gasteiger partial charge in [0.15, 0.2) is 17.4 Å². The second-order valence-electron chi connectivity index (χ2n) is 2.08. The summed E-state index contributed by atoms with van der Waals surface area (Å²) in [4.78, 5) is 0. The largest absolute Gasteiger partial charge is 0.187 e. The van der Waals surface area contributed by atoms with Gasteiger partial charge in [0.2, 0.25) is 0 Å². The summed E-state index contributed by atoms with van der Waals surface area (Å²) in [6.07, 6.45) is 0. The normalized spacial score (nSPS) is 8.22. The summed E-state index contributed by atoms with van der Waals surface area (Å²) in [6.45, 7) is 4.24. The minimum absolute atomic E-state index is 0. The number of hydrogen-bond acceptors (Lipinski definition) is 0. The van der Waals surface area contributed by atoms with Gasteiger partial charge in [0.1, 0.15) is 0 Å². The lowest BCUT2D eigenvalue weighted by molar-refractivity contribution is 1.34. The number of aryl methyl sites for hydroxylation is 2. The Morgan fingerprint density at radius 3 is 1.44 bits per heavy atom. The highest BCUT2D eigenvalue weighted by atomic mass is 27.0. The third-order valence-corrected chi connectivity index (χ3v) is 1.43. The second-order valence-corrected chi connectivity index (χ2v) is 2.08. The zero-order chi connectivity index (χ0) is 5.98. The molecule has 1 aromatic carbocycles. The van der Waals surface area contributed by atoms with E-state index in [2.05, 4.69) is 38.1 Å². The van der Waals surface area contributed by atoms with E-state index in [1.165, 1.54) is 11.1 Å². The first-order valence-electron chi connectivity index (χ1n) is 2.83. The maximum atomic E-state index is 2.12. The van der Waals surface area contributed by atoms with E-state index in [0.29, 0.717) is 0 Å². The molecule has 0 atom stereocenters. The van der Waals surface area contributed by atoms with Crippen LogP contribution in [0.3, 0.4) is 0 Å². The average molecular weight is 136 g/mol. The molecule has 0 radical (unpaired) electrons. The highest BCUT2D eigenvalue weighted by molar-refractivity contribution is 5.75. The smallest absolute Gasteiger partial charge is 0.0620 e. The molecule has 0 fully saturated rings. The van der Waals surface area contributed by atoms with Gasteiger partial charge in [0, 0.05) is 0 Å². The third kappa shape index (κ3) is 2.22. The first-order valence-corrected chi connectivity index (χ1v) is 2.83. The molecule has 0 aliphatic heterocycles. The molecule has 0 N–H and O–H groups in total. The number of hydrogen-bond donors (Lipinski definition) is 0. The Morgan fingerprint density at radius 2 is 1.22 bits per heavy atom. The maximum absolute atomic E-state index is 2.12. The van der Waals surface area contributed by atoms with E-state index in [1.807, 2.05) is 0 Å². The minimum Gasteiger partial charge on any atom is -0.0620 e. The zero-order valence-corrected chi connectivity index (χ0v) is 5.31. The summed E-state index contributed by atoms with van der Waals surface area (Å²) in [5.74, 6) is 0. The van der Waals surface area contributed by atoms with Crippen LogP contribution in [-0.4, -0.2) is 17.4 Å². The van der Waals surface area contributed by atoms with Crippen LogP contribution in [0.1, 0.15) is 11.1 Å².